The summed E-state index contributed by atoms with van der Waals surface area (Å²) in [6.07, 6.45) is 3.53. The highest BCUT2D eigenvalue weighted by atomic mass is 16.6. The summed E-state index contributed by atoms with van der Waals surface area (Å²) in [7, 11) is 0. The predicted octanol–water partition coefficient (Wildman–Crippen LogP) is 3.02. The third-order valence-corrected chi connectivity index (χ3v) is 4.84. The standard InChI is InChI=1S/C21H33NO4/c1-4-5-6-11-25-20-16(3)26-21(23)19(22)14-24-13-18(20)12-17-9-7-15(2)8-10-17/h7-10,16,18-20H,4-6,11-14,22H2,1-3H3. The maximum atomic E-state index is 12.1. The van der Waals surface area contributed by atoms with E-state index in [0.29, 0.717) is 13.2 Å². The highest BCUT2D eigenvalue weighted by Crippen LogP contribution is 2.23. The van der Waals surface area contributed by atoms with Crippen molar-refractivity contribution in [3.05, 3.63) is 35.4 Å². The smallest absolute Gasteiger partial charge is 0.325 e. The highest BCUT2D eigenvalue weighted by Gasteiger charge is 2.33. The van der Waals surface area contributed by atoms with Crippen molar-refractivity contribution in [2.24, 2.45) is 11.7 Å². The maximum absolute atomic E-state index is 12.1. The lowest BCUT2D eigenvalue weighted by molar-refractivity contribution is -0.159. The summed E-state index contributed by atoms with van der Waals surface area (Å²) in [5.74, 6) is -0.317. The molecule has 4 unspecified atom stereocenters. The molecule has 0 bridgehead atoms. The fourth-order valence-corrected chi connectivity index (χ4v) is 3.28. The molecule has 26 heavy (non-hydrogen) atoms. The van der Waals surface area contributed by atoms with Crippen LogP contribution < -0.4 is 5.73 Å². The Morgan fingerprint density at radius 2 is 1.92 bits per heavy atom. The molecule has 5 heteroatoms. The molecule has 0 saturated carbocycles. The minimum absolute atomic E-state index is 0.104. The number of carbonyl (C=O) groups excluding carboxylic acids is 1. The van der Waals surface area contributed by atoms with E-state index in [2.05, 4.69) is 38.1 Å². The summed E-state index contributed by atoms with van der Waals surface area (Å²) in [6, 6.07) is 7.76. The third-order valence-electron chi connectivity index (χ3n) is 4.84. The van der Waals surface area contributed by atoms with E-state index in [1.165, 1.54) is 11.1 Å². The van der Waals surface area contributed by atoms with Crippen molar-refractivity contribution < 1.29 is 19.0 Å². The van der Waals surface area contributed by atoms with Gasteiger partial charge in [-0.2, -0.15) is 0 Å². The quantitative estimate of drug-likeness (QED) is 0.596. The molecular weight excluding hydrogens is 330 g/mol. The molecule has 1 aliphatic rings. The molecule has 5 nitrogen and oxygen atoms in total. The molecule has 1 aliphatic heterocycles. The molecule has 1 heterocycles. The fourth-order valence-electron chi connectivity index (χ4n) is 3.28. The van der Waals surface area contributed by atoms with Crippen molar-refractivity contribution in [1.82, 2.24) is 0 Å². The zero-order valence-electron chi connectivity index (χ0n) is 16.3. The van der Waals surface area contributed by atoms with E-state index in [0.717, 1.165) is 25.7 Å². The van der Waals surface area contributed by atoms with Gasteiger partial charge in [-0.15, -0.1) is 0 Å². The van der Waals surface area contributed by atoms with Gasteiger partial charge in [0, 0.05) is 12.5 Å². The van der Waals surface area contributed by atoms with Crippen molar-refractivity contribution in [3.63, 3.8) is 0 Å². The molecule has 2 rings (SSSR count). The molecule has 1 aromatic carbocycles. The number of benzene rings is 1. The van der Waals surface area contributed by atoms with E-state index in [4.69, 9.17) is 19.9 Å². The van der Waals surface area contributed by atoms with Gasteiger partial charge in [-0.05, 0) is 32.3 Å². The number of aryl methyl sites for hydroxylation is 1. The minimum atomic E-state index is -0.740. The van der Waals surface area contributed by atoms with Crippen molar-refractivity contribution in [2.45, 2.75) is 64.7 Å². The largest absolute Gasteiger partial charge is 0.459 e. The van der Waals surface area contributed by atoms with Gasteiger partial charge in [-0.1, -0.05) is 49.6 Å². The first-order chi connectivity index (χ1) is 12.5. The van der Waals surface area contributed by atoms with Crippen molar-refractivity contribution in [3.8, 4) is 0 Å². The second kappa shape index (κ2) is 10.7. The van der Waals surface area contributed by atoms with Gasteiger partial charge >= 0.3 is 5.97 Å². The number of hydrogen-bond acceptors (Lipinski definition) is 5. The monoisotopic (exact) mass is 363 g/mol. The van der Waals surface area contributed by atoms with E-state index < -0.39 is 12.0 Å². The molecular formula is C21H33NO4. The first-order valence-corrected chi connectivity index (χ1v) is 9.72. The van der Waals surface area contributed by atoms with Crippen LogP contribution in [0.15, 0.2) is 24.3 Å². The zero-order valence-corrected chi connectivity index (χ0v) is 16.3. The van der Waals surface area contributed by atoms with Crippen LogP contribution in [0.25, 0.3) is 0 Å². The van der Waals surface area contributed by atoms with E-state index in [1.54, 1.807) is 0 Å². The average molecular weight is 363 g/mol. The molecule has 0 spiro atoms. The lowest BCUT2D eigenvalue weighted by Crippen LogP contribution is -2.42. The van der Waals surface area contributed by atoms with Crippen LogP contribution in [0.1, 0.15) is 44.2 Å². The number of nitrogens with two attached hydrogens (primary N) is 1. The van der Waals surface area contributed by atoms with Gasteiger partial charge in [0.1, 0.15) is 12.1 Å². The Labute approximate surface area is 157 Å². The number of esters is 1. The Hall–Kier alpha value is -1.43. The lowest BCUT2D eigenvalue weighted by Gasteiger charge is -2.31. The second-order valence-corrected chi connectivity index (χ2v) is 7.28. The van der Waals surface area contributed by atoms with Gasteiger partial charge in [0.05, 0.1) is 19.3 Å². The normalized spacial score (nSPS) is 27.3. The minimum Gasteiger partial charge on any atom is -0.459 e. The van der Waals surface area contributed by atoms with Gasteiger partial charge in [0.2, 0.25) is 0 Å². The van der Waals surface area contributed by atoms with Crippen LogP contribution in [-0.4, -0.2) is 44.0 Å². The van der Waals surface area contributed by atoms with Crippen LogP contribution in [0.5, 0.6) is 0 Å². The van der Waals surface area contributed by atoms with E-state index >= 15 is 0 Å². The predicted molar refractivity (Wildman–Crippen MR) is 102 cm³/mol. The van der Waals surface area contributed by atoms with Crippen LogP contribution in [0.3, 0.4) is 0 Å². The third kappa shape index (κ3) is 6.38. The molecule has 0 aromatic heterocycles. The lowest BCUT2D eigenvalue weighted by atomic mass is 9.91. The number of rotatable bonds is 7. The van der Waals surface area contributed by atoms with Crippen LogP contribution in [0.4, 0.5) is 0 Å². The van der Waals surface area contributed by atoms with Crippen molar-refractivity contribution >= 4 is 5.97 Å². The number of carbonyl (C=O) groups is 1. The molecule has 1 fully saturated rings. The maximum Gasteiger partial charge on any atom is 0.325 e. The van der Waals surface area contributed by atoms with Gasteiger partial charge < -0.3 is 19.9 Å². The summed E-state index contributed by atoms with van der Waals surface area (Å²) in [4.78, 5) is 12.1. The molecule has 0 aliphatic carbocycles. The number of ether oxygens (including phenoxy) is 3. The van der Waals surface area contributed by atoms with Crippen LogP contribution in [0.2, 0.25) is 0 Å². The highest BCUT2D eigenvalue weighted by molar-refractivity contribution is 5.75. The molecule has 1 saturated heterocycles. The summed E-state index contributed by atoms with van der Waals surface area (Å²) in [6.45, 7) is 7.48. The van der Waals surface area contributed by atoms with Gasteiger partial charge in [0.15, 0.2) is 0 Å². The Morgan fingerprint density at radius 1 is 1.19 bits per heavy atom. The summed E-state index contributed by atoms with van der Waals surface area (Å²) in [5.41, 5.74) is 8.31. The number of unbranched alkanes of at least 4 members (excludes halogenated alkanes) is 2. The van der Waals surface area contributed by atoms with Gasteiger partial charge in [0.25, 0.3) is 0 Å². The molecule has 1 aromatic rings. The van der Waals surface area contributed by atoms with Crippen molar-refractivity contribution in [1.29, 1.82) is 0 Å². The average Bonchev–Trinajstić information content (AvgIpc) is 2.66. The van der Waals surface area contributed by atoms with Gasteiger partial charge in [-0.25, -0.2) is 0 Å². The topological polar surface area (TPSA) is 70.8 Å². The first kappa shape index (κ1) is 20.9. The summed E-state index contributed by atoms with van der Waals surface area (Å²) >= 11 is 0. The number of hydrogen-bond donors (Lipinski definition) is 1. The summed E-state index contributed by atoms with van der Waals surface area (Å²) in [5, 5.41) is 0. The zero-order chi connectivity index (χ0) is 18.9. The van der Waals surface area contributed by atoms with Crippen LogP contribution in [0, 0.1) is 12.8 Å². The van der Waals surface area contributed by atoms with Crippen LogP contribution >= 0.6 is 0 Å². The van der Waals surface area contributed by atoms with Crippen LogP contribution in [-0.2, 0) is 25.4 Å². The molecule has 146 valence electrons. The van der Waals surface area contributed by atoms with E-state index in [9.17, 15) is 4.79 Å². The summed E-state index contributed by atoms with van der Waals surface area (Å²) < 4.78 is 17.5. The second-order valence-electron chi connectivity index (χ2n) is 7.28. The fraction of sp³-hybridized carbons (Fsp3) is 0.667. The molecule has 2 N–H and O–H groups in total. The van der Waals surface area contributed by atoms with E-state index in [1.807, 2.05) is 6.92 Å². The Kier molecular flexibility index (Phi) is 8.55. The Bertz CT molecular complexity index is 545. The molecule has 4 atom stereocenters. The molecule has 0 radical (unpaired) electrons. The number of cyclic esters (lactones) is 1. The van der Waals surface area contributed by atoms with Gasteiger partial charge in [-0.3, -0.25) is 4.79 Å². The Morgan fingerprint density at radius 3 is 2.62 bits per heavy atom. The molecule has 0 amide bonds. The first-order valence-electron chi connectivity index (χ1n) is 9.72. The van der Waals surface area contributed by atoms with Crippen molar-refractivity contribution in [2.75, 3.05) is 19.8 Å². The Balaban J connectivity index is 2.13. The van der Waals surface area contributed by atoms with E-state index in [-0.39, 0.29) is 24.7 Å². The SMILES string of the molecule is CCCCCOC1C(Cc2ccc(C)cc2)COCC(N)C(=O)OC1C.